The van der Waals surface area contributed by atoms with E-state index in [0.29, 0.717) is 12.4 Å². The molecule has 5 heteroatoms. The minimum atomic E-state index is -0.309. The Morgan fingerprint density at radius 2 is 1.75 bits per heavy atom. The Labute approximate surface area is 167 Å². The lowest BCUT2D eigenvalue weighted by Crippen LogP contribution is -2.38. The fourth-order valence-corrected chi connectivity index (χ4v) is 2.99. The molecule has 0 bridgehead atoms. The van der Waals surface area contributed by atoms with Crippen molar-refractivity contribution in [3.8, 4) is 5.75 Å². The first-order valence-electron chi connectivity index (χ1n) is 9.63. The Morgan fingerprint density at radius 3 is 2.43 bits per heavy atom. The summed E-state index contributed by atoms with van der Waals surface area (Å²) in [4.78, 5) is 26.4. The molecule has 0 N–H and O–H groups in total. The second-order valence-corrected chi connectivity index (χ2v) is 6.72. The van der Waals surface area contributed by atoms with Gasteiger partial charge in [0.05, 0.1) is 19.1 Å². The van der Waals surface area contributed by atoms with Crippen molar-refractivity contribution in [3.05, 3.63) is 65.2 Å². The summed E-state index contributed by atoms with van der Waals surface area (Å²) in [6.07, 6.45) is 0.153. The molecule has 0 saturated heterocycles. The fourth-order valence-electron chi connectivity index (χ4n) is 2.99. The van der Waals surface area contributed by atoms with Crippen molar-refractivity contribution in [2.24, 2.45) is 0 Å². The monoisotopic (exact) mass is 383 g/mol. The van der Waals surface area contributed by atoms with Gasteiger partial charge in [0.25, 0.3) is 5.91 Å². The van der Waals surface area contributed by atoms with Gasteiger partial charge in [-0.2, -0.15) is 0 Å². The molecular formula is C23H29NO4. The lowest BCUT2D eigenvalue weighted by molar-refractivity contribution is -0.144. The lowest BCUT2D eigenvalue weighted by atomic mass is 10.1. The molecule has 1 unspecified atom stereocenters. The number of esters is 1. The first-order chi connectivity index (χ1) is 13.4. The van der Waals surface area contributed by atoms with Gasteiger partial charge < -0.3 is 14.4 Å². The lowest BCUT2D eigenvalue weighted by Gasteiger charge is -2.29. The average molecular weight is 383 g/mol. The maximum atomic E-state index is 12.9. The van der Waals surface area contributed by atoms with Gasteiger partial charge in [0.15, 0.2) is 6.61 Å². The molecule has 0 saturated carbocycles. The molecule has 0 fully saturated rings. The summed E-state index contributed by atoms with van der Waals surface area (Å²) in [7, 11) is 0. The van der Waals surface area contributed by atoms with Crippen LogP contribution in [0.15, 0.2) is 48.5 Å². The quantitative estimate of drug-likeness (QED) is 0.608. The summed E-state index contributed by atoms with van der Waals surface area (Å²) in [5, 5.41) is 0. The van der Waals surface area contributed by atoms with Crippen molar-refractivity contribution >= 4 is 11.9 Å². The van der Waals surface area contributed by atoms with E-state index in [4.69, 9.17) is 9.47 Å². The van der Waals surface area contributed by atoms with Crippen LogP contribution in [-0.2, 0) is 14.3 Å². The highest BCUT2D eigenvalue weighted by Crippen LogP contribution is 2.23. The van der Waals surface area contributed by atoms with Crippen LogP contribution < -0.4 is 4.74 Å². The number of carbonyl (C=O) groups excluding carboxylic acids is 2. The Morgan fingerprint density at radius 1 is 1.04 bits per heavy atom. The van der Waals surface area contributed by atoms with E-state index >= 15 is 0 Å². The summed E-state index contributed by atoms with van der Waals surface area (Å²) in [5.41, 5.74) is 3.14. The minimum absolute atomic E-state index is 0.0791. The van der Waals surface area contributed by atoms with Gasteiger partial charge in [0, 0.05) is 6.54 Å². The van der Waals surface area contributed by atoms with E-state index in [0.717, 1.165) is 16.7 Å². The highest BCUT2D eigenvalue weighted by Gasteiger charge is 2.23. The molecule has 2 rings (SSSR count). The van der Waals surface area contributed by atoms with Crippen LogP contribution in [0.1, 0.15) is 43.0 Å². The third-order valence-electron chi connectivity index (χ3n) is 4.84. The largest absolute Gasteiger partial charge is 0.483 e. The van der Waals surface area contributed by atoms with Crippen LogP contribution in [0.4, 0.5) is 0 Å². The number of amides is 1. The van der Waals surface area contributed by atoms with Crippen molar-refractivity contribution in [1.29, 1.82) is 0 Å². The van der Waals surface area contributed by atoms with E-state index in [-0.39, 0.29) is 37.5 Å². The number of hydrogen-bond donors (Lipinski definition) is 0. The molecule has 150 valence electrons. The number of carbonyl (C=O) groups is 2. The second-order valence-electron chi connectivity index (χ2n) is 6.72. The van der Waals surface area contributed by atoms with Crippen molar-refractivity contribution in [2.75, 3.05) is 19.8 Å². The molecule has 1 atom stereocenters. The van der Waals surface area contributed by atoms with Crippen molar-refractivity contribution in [2.45, 2.75) is 40.2 Å². The van der Waals surface area contributed by atoms with Crippen LogP contribution >= 0.6 is 0 Å². The van der Waals surface area contributed by atoms with Gasteiger partial charge in [-0.1, -0.05) is 42.5 Å². The van der Waals surface area contributed by atoms with E-state index in [9.17, 15) is 9.59 Å². The molecular weight excluding hydrogens is 354 g/mol. The first kappa shape index (κ1) is 21.5. The first-order valence-corrected chi connectivity index (χ1v) is 9.63. The van der Waals surface area contributed by atoms with Gasteiger partial charge in [-0.3, -0.25) is 9.59 Å². The van der Waals surface area contributed by atoms with E-state index < -0.39 is 0 Å². The molecule has 2 aromatic carbocycles. The van der Waals surface area contributed by atoms with Crippen molar-refractivity contribution < 1.29 is 19.1 Å². The summed E-state index contributed by atoms with van der Waals surface area (Å²) < 4.78 is 10.8. The number of nitrogens with zero attached hydrogens (tertiary/aromatic N) is 1. The fraction of sp³-hybridized carbons (Fsp3) is 0.391. The molecule has 5 nitrogen and oxygen atoms in total. The zero-order valence-corrected chi connectivity index (χ0v) is 17.1. The van der Waals surface area contributed by atoms with Crippen LogP contribution in [0.25, 0.3) is 0 Å². The van der Waals surface area contributed by atoms with Gasteiger partial charge >= 0.3 is 5.97 Å². The number of benzene rings is 2. The van der Waals surface area contributed by atoms with Crippen LogP contribution in [0.3, 0.4) is 0 Å². The van der Waals surface area contributed by atoms with Crippen LogP contribution in [0.5, 0.6) is 5.75 Å². The Balaban J connectivity index is 2.11. The normalized spacial score (nSPS) is 11.6. The Bertz CT molecular complexity index is 788. The SMILES string of the molecule is CCOC(=O)CCN(C(=O)COc1cccc(C)c1C)C(C)c1ccccc1. The van der Waals surface area contributed by atoms with Gasteiger partial charge in [0.2, 0.25) is 0 Å². The Kier molecular flexibility index (Phi) is 8.05. The number of ether oxygens (including phenoxy) is 2. The topological polar surface area (TPSA) is 55.8 Å². The molecule has 0 aliphatic carbocycles. The maximum Gasteiger partial charge on any atom is 0.307 e. The predicted octanol–water partition coefficient (Wildman–Crippen LogP) is 4.23. The Hall–Kier alpha value is -2.82. The number of aryl methyl sites for hydroxylation is 1. The molecule has 1 amide bonds. The maximum absolute atomic E-state index is 12.9. The highest BCUT2D eigenvalue weighted by atomic mass is 16.5. The van der Waals surface area contributed by atoms with Crippen LogP contribution in [0.2, 0.25) is 0 Å². The summed E-state index contributed by atoms with van der Waals surface area (Å²) in [6.45, 7) is 8.24. The van der Waals surface area contributed by atoms with Crippen molar-refractivity contribution in [3.63, 3.8) is 0 Å². The summed E-state index contributed by atoms with van der Waals surface area (Å²) in [5.74, 6) is 0.226. The zero-order valence-electron chi connectivity index (χ0n) is 17.1. The van der Waals surface area contributed by atoms with Gasteiger partial charge in [0.1, 0.15) is 5.75 Å². The van der Waals surface area contributed by atoms with E-state index in [2.05, 4.69) is 0 Å². The highest BCUT2D eigenvalue weighted by molar-refractivity contribution is 5.79. The molecule has 0 aliphatic heterocycles. The number of hydrogen-bond acceptors (Lipinski definition) is 4. The standard InChI is InChI=1S/C23H29NO4/c1-5-27-23(26)14-15-24(19(4)20-11-7-6-8-12-20)22(25)16-28-21-13-9-10-17(2)18(21)3/h6-13,19H,5,14-16H2,1-4H3. The van der Waals surface area contributed by atoms with E-state index in [1.165, 1.54) is 0 Å². The minimum Gasteiger partial charge on any atom is -0.483 e. The van der Waals surface area contributed by atoms with E-state index in [1.807, 2.05) is 69.3 Å². The summed E-state index contributed by atoms with van der Waals surface area (Å²) >= 11 is 0. The molecule has 2 aromatic rings. The van der Waals surface area contributed by atoms with Crippen LogP contribution in [0, 0.1) is 13.8 Å². The zero-order chi connectivity index (χ0) is 20.5. The van der Waals surface area contributed by atoms with Gasteiger partial charge in [-0.05, 0) is 50.5 Å². The average Bonchev–Trinajstić information content (AvgIpc) is 2.70. The second kappa shape index (κ2) is 10.5. The van der Waals surface area contributed by atoms with Gasteiger partial charge in [-0.15, -0.1) is 0 Å². The molecule has 0 aromatic heterocycles. The van der Waals surface area contributed by atoms with E-state index in [1.54, 1.807) is 11.8 Å². The smallest absolute Gasteiger partial charge is 0.307 e. The van der Waals surface area contributed by atoms with Gasteiger partial charge in [-0.25, -0.2) is 0 Å². The van der Waals surface area contributed by atoms with Crippen LogP contribution in [-0.4, -0.2) is 36.5 Å². The number of rotatable bonds is 9. The predicted molar refractivity (Wildman–Crippen MR) is 109 cm³/mol. The molecule has 0 spiro atoms. The summed E-state index contributed by atoms with van der Waals surface area (Å²) in [6, 6.07) is 15.4. The third-order valence-corrected chi connectivity index (χ3v) is 4.84. The third kappa shape index (κ3) is 5.84. The molecule has 0 radical (unpaired) electrons. The molecule has 28 heavy (non-hydrogen) atoms. The molecule has 0 aliphatic rings. The van der Waals surface area contributed by atoms with Crippen molar-refractivity contribution in [1.82, 2.24) is 4.90 Å². The molecule has 0 heterocycles.